The molecule has 1 atom stereocenters. The Kier molecular flexibility index (Phi) is 12.9. The van der Waals surface area contributed by atoms with Crippen LogP contribution in [-0.2, 0) is 31.2 Å². The molecule has 3 aromatic carbocycles. The third-order valence-corrected chi connectivity index (χ3v) is 16.2. The minimum Gasteiger partial charge on any atom is -0.289 e. The molecule has 4 aromatic rings. The van der Waals surface area contributed by atoms with E-state index in [0.717, 1.165) is 11.1 Å². The third kappa shape index (κ3) is 8.43. The van der Waals surface area contributed by atoms with Gasteiger partial charge in [-0.25, -0.2) is 0 Å². The van der Waals surface area contributed by atoms with Crippen LogP contribution >= 0.6 is 0 Å². The summed E-state index contributed by atoms with van der Waals surface area (Å²) in [6.07, 6.45) is 9.93. The highest BCUT2D eigenvalue weighted by molar-refractivity contribution is 8.00. The Morgan fingerprint density at radius 1 is 0.586 bits per heavy atom. The van der Waals surface area contributed by atoms with Crippen LogP contribution in [0.2, 0.25) is 0 Å². The van der Waals surface area contributed by atoms with Crippen molar-refractivity contribution < 1.29 is 13.8 Å². The van der Waals surface area contributed by atoms with E-state index in [2.05, 4.69) is 139 Å². The van der Waals surface area contributed by atoms with E-state index in [1.807, 2.05) is 31.2 Å². The number of carbonyl (C=O) groups is 2. The second kappa shape index (κ2) is 16.2. The van der Waals surface area contributed by atoms with Gasteiger partial charge in [-0.2, -0.15) is 0 Å². The van der Waals surface area contributed by atoms with Gasteiger partial charge in [0.15, 0.2) is 11.6 Å². The Hall–Kier alpha value is -4.61. The lowest BCUT2D eigenvalue weighted by Gasteiger charge is -2.44. The van der Waals surface area contributed by atoms with E-state index in [1.165, 1.54) is 11.1 Å². The van der Waals surface area contributed by atoms with Gasteiger partial charge in [0.05, 0.1) is 0 Å². The van der Waals surface area contributed by atoms with Gasteiger partial charge in [0, 0.05) is 54.0 Å². The van der Waals surface area contributed by atoms with E-state index in [-0.39, 0.29) is 54.1 Å². The third-order valence-electron chi connectivity index (χ3n) is 14.1. The van der Waals surface area contributed by atoms with Crippen LogP contribution in [0.4, 0.5) is 0 Å². The van der Waals surface area contributed by atoms with Crippen LogP contribution in [0.3, 0.4) is 0 Å². The van der Waals surface area contributed by atoms with Crippen LogP contribution in [0.15, 0.2) is 131 Å². The van der Waals surface area contributed by atoms with E-state index in [9.17, 15) is 9.59 Å². The molecule has 4 nitrogen and oxygen atoms in total. The first-order valence-electron chi connectivity index (χ1n) is 20.3. The summed E-state index contributed by atoms with van der Waals surface area (Å²) in [6, 6.07) is 23.5. The van der Waals surface area contributed by atoms with Gasteiger partial charge >= 0.3 is 0 Å². The summed E-state index contributed by atoms with van der Waals surface area (Å²) in [4.78, 5) is 33.9. The molecule has 308 valence electrons. The fraction of sp³-hybridized carbons (Fsp3) is 0.396. The monoisotopic (exact) mass is 797 g/mol. The number of rotatable bonds is 13. The topological polar surface area (TPSA) is 64.1 Å². The molecule has 0 N–H and O–H groups in total. The highest BCUT2D eigenvalue weighted by Gasteiger charge is 2.42. The molecular formula is C53H67NO3S. The van der Waals surface area contributed by atoms with Gasteiger partial charge in [-0.1, -0.05) is 164 Å². The summed E-state index contributed by atoms with van der Waals surface area (Å²) in [5.74, 6) is 3.78. The van der Waals surface area contributed by atoms with E-state index < -0.39 is 20.4 Å². The molecule has 0 aliphatic rings. The number of allylic oxidation sites excluding steroid dienone is 5. The number of aromatic nitrogens is 1. The number of nitrogens with zero attached hydrogens (tertiary/aromatic N) is 1. The van der Waals surface area contributed by atoms with Crippen LogP contribution in [-0.4, -0.2) is 26.6 Å². The summed E-state index contributed by atoms with van der Waals surface area (Å²) in [5, 5.41) is 0. The van der Waals surface area contributed by atoms with Gasteiger partial charge in [0.1, 0.15) is 0 Å². The number of Topliss-reactive ketones (excluding diaryl/α,β-unsaturated/α-hetero) is 1. The van der Waals surface area contributed by atoms with Crippen molar-refractivity contribution in [1.82, 2.24) is 4.98 Å². The number of ketones is 2. The van der Waals surface area contributed by atoms with Crippen LogP contribution in [0, 0.1) is 10.8 Å². The minimum atomic E-state index is -3.47. The van der Waals surface area contributed by atoms with Crippen LogP contribution in [0.1, 0.15) is 152 Å². The molecule has 1 aromatic heterocycles. The Bertz CT molecular complexity index is 2350. The highest BCUT2D eigenvalue weighted by Crippen LogP contribution is 2.47. The Morgan fingerprint density at radius 2 is 0.983 bits per heavy atom. The molecule has 5 heteroatoms. The van der Waals surface area contributed by atoms with Crippen molar-refractivity contribution in [1.29, 1.82) is 0 Å². The van der Waals surface area contributed by atoms with Gasteiger partial charge in [-0.05, 0) is 104 Å². The minimum absolute atomic E-state index is 0.0333. The Morgan fingerprint density at radius 3 is 1.45 bits per heavy atom. The molecule has 0 bridgehead atoms. The zero-order valence-electron chi connectivity index (χ0n) is 37.9. The number of carbonyl (C=O) groups excluding carboxylic acids is 2. The molecule has 0 aliphatic heterocycles. The predicted octanol–water partition coefficient (Wildman–Crippen LogP) is 13.2. The van der Waals surface area contributed by atoms with Gasteiger partial charge in [-0.15, -0.1) is 0 Å². The molecule has 0 fully saturated rings. The Balaban J connectivity index is 2.00. The molecule has 0 spiro atoms. The molecule has 0 radical (unpaired) electrons. The second-order valence-corrected chi connectivity index (χ2v) is 22.2. The van der Waals surface area contributed by atoms with Crippen LogP contribution in [0.25, 0.3) is 0 Å². The fourth-order valence-corrected chi connectivity index (χ4v) is 8.93. The van der Waals surface area contributed by atoms with E-state index in [0.29, 0.717) is 11.1 Å². The van der Waals surface area contributed by atoms with Crippen molar-refractivity contribution in [2.75, 3.05) is 0 Å². The quantitative estimate of drug-likeness (QED) is 0.0585. The lowest BCUT2D eigenvalue weighted by Crippen LogP contribution is -2.40. The first-order valence-corrected chi connectivity index (χ1v) is 22.0. The average molecular weight is 798 g/mol. The van der Waals surface area contributed by atoms with Gasteiger partial charge < -0.3 is 0 Å². The lowest BCUT2D eigenvalue weighted by atomic mass is 9.60. The maximum atomic E-state index is 15.6. The summed E-state index contributed by atoms with van der Waals surface area (Å²) < 4.78 is 15.6. The largest absolute Gasteiger partial charge is 0.289 e. The summed E-state index contributed by atoms with van der Waals surface area (Å²) in [6.45, 7) is 36.7. The number of pyridine rings is 1. The van der Waals surface area contributed by atoms with Crippen molar-refractivity contribution in [3.8, 4) is 0 Å². The molecule has 1 heterocycles. The van der Waals surface area contributed by atoms with Crippen LogP contribution < -0.4 is 0 Å². The van der Waals surface area contributed by atoms with E-state index in [1.54, 1.807) is 61.0 Å². The van der Waals surface area contributed by atoms with Crippen LogP contribution in [0.5, 0.6) is 0 Å². The first-order chi connectivity index (χ1) is 26.6. The summed E-state index contributed by atoms with van der Waals surface area (Å²) in [7, 11) is -3.47. The standard InChI is InChI=1S/C53H67NO3S/c1-18-20-36(21-19-2)46(55)42-34-40(51(11,12)49(6,7)8)26-28-44(42)58(17,57)45-29-27-41(35-43(45)47(56)37-30-32-54-33-31-37)53(15,16)52(13,14)39-24-22-38(23-25-39)50(9,10)48(3,4)5/h18-35H,1,17H2,2-16H3/b21-19-,36-20+. The summed E-state index contributed by atoms with van der Waals surface area (Å²) >= 11 is 0. The maximum Gasteiger partial charge on any atom is 0.194 e. The molecule has 58 heavy (non-hydrogen) atoms. The number of hydrogen-bond donors (Lipinski definition) is 0. The number of hydrogen-bond acceptors (Lipinski definition) is 4. The van der Waals surface area contributed by atoms with Gasteiger partial charge in [0.25, 0.3) is 0 Å². The average Bonchev–Trinajstić information content (AvgIpc) is 3.16. The van der Waals surface area contributed by atoms with E-state index >= 15 is 4.21 Å². The zero-order chi connectivity index (χ0) is 43.9. The van der Waals surface area contributed by atoms with Gasteiger partial charge in [-0.3, -0.25) is 18.8 Å². The van der Waals surface area contributed by atoms with Crippen molar-refractivity contribution in [3.63, 3.8) is 0 Å². The fourth-order valence-electron chi connectivity index (χ4n) is 7.10. The number of benzene rings is 3. The molecule has 0 saturated heterocycles. The Labute approximate surface area is 351 Å². The molecule has 0 amide bonds. The SMILES string of the molecule is C=C/C=C(\C=C/C)C(=O)c1cc(C(C)(C)C(C)(C)C)ccc1S(=C)(=O)c1ccc(C(C)(C)C(C)(C)c2ccc(C(C)(C)C(C)(C)C)cc2)cc1C(=O)c1ccncc1. The van der Waals surface area contributed by atoms with Gasteiger partial charge in [0.2, 0.25) is 0 Å². The van der Waals surface area contributed by atoms with E-state index in [4.69, 9.17) is 0 Å². The molecule has 0 aliphatic carbocycles. The highest BCUT2D eigenvalue weighted by atomic mass is 32.2. The normalized spacial score (nSPS) is 14.6. The van der Waals surface area contributed by atoms with Crippen molar-refractivity contribution in [2.45, 2.75) is 135 Å². The summed E-state index contributed by atoms with van der Waals surface area (Å²) in [5.41, 5.74) is 4.33. The zero-order valence-corrected chi connectivity index (χ0v) is 38.7. The smallest absolute Gasteiger partial charge is 0.194 e. The van der Waals surface area contributed by atoms with Crippen molar-refractivity contribution in [3.05, 3.63) is 161 Å². The second-order valence-electron chi connectivity index (χ2n) is 19.9. The predicted molar refractivity (Wildman–Crippen MR) is 247 cm³/mol. The maximum absolute atomic E-state index is 15.6. The lowest BCUT2D eigenvalue weighted by molar-refractivity contribution is 0.102. The first kappa shape index (κ1) is 46.1. The molecule has 0 saturated carbocycles. The molecular weight excluding hydrogens is 731 g/mol. The molecule has 1 unspecified atom stereocenters. The van der Waals surface area contributed by atoms with Crippen molar-refractivity contribution in [2.24, 2.45) is 10.8 Å². The molecule has 4 rings (SSSR count). The van der Waals surface area contributed by atoms with Crippen molar-refractivity contribution >= 4 is 27.0 Å².